The van der Waals surface area contributed by atoms with Crippen molar-refractivity contribution in [3.63, 3.8) is 0 Å². The minimum atomic E-state index is -0.295. The summed E-state index contributed by atoms with van der Waals surface area (Å²) in [4.78, 5) is 33.9. The number of benzene rings is 1. The first-order chi connectivity index (χ1) is 13.3. The van der Waals surface area contributed by atoms with E-state index in [2.05, 4.69) is 73.7 Å². The summed E-state index contributed by atoms with van der Waals surface area (Å²) >= 11 is 13.7. The van der Waals surface area contributed by atoms with E-state index in [0.717, 1.165) is 0 Å². The second-order valence-electron chi connectivity index (χ2n) is 6.52. The van der Waals surface area contributed by atoms with Gasteiger partial charge in [0.2, 0.25) is 0 Å². The van der Waals surface area contributed by atoms with Crippen molar-refractivity contribution in [3.05, 3.63) is 45.4 Å². The number of carbonyl (C=O) groups excluding carboxylic acids is 2. The molecule has 4 unspecified atom stereocenters. The van der Waals surface area contributed by atoms with Crippen LogP contribution in [-0.2, 0) is 9.59 Å². The topological polar surface area (TPSA) is 58.9 Å². The number of allylic oxidation sites excluding steroid dienone is 4. The number of carbonyl (C=O) groups is 2. The van der Waals surface area contributed by atoms with Gasteiger partial charge in [-0.2, -0.15) is 0 Å². The van der Waals surface area contributed by atoms with Gasteiger partial charge < -0.3 is 0 Å². The standard InChI is InChI=1S/C20H16Br4N2O2/c21-13-5-11(19(27)15(23)7-13)9-25-17-3-1-2-4-18(17)26-10-12-6-14(22)8-16(24)20(12)28/h1-4,7-14H,5-6H2. The number of rotatable bonds is 4. The molecule has 0 aliphatic heterocycles. The summed E-state index contributed by atoms with van der Waals surface area (Å²) < 4.78 is 1.14. The minimum absolute atomic E-state index is 0.0215. The van der Waals surface area contributed by atoms with Crippen molar-refractivity contribution in [2.75, 3.05) is 0 Å². The van der Waals surface area contributed by atoms with Gasteiger partial charge in [0, 0.05) is 22.1 Å². The minimum Gasteiger partial charge on any atom is -0.293 e. The van der Waals surface area contributed by atoms with Gasteiger partial charge in [-0.25, -0.2) is 0 Å². The molecule has 0 amide bonds. The van der Waals surface area contributed by atoms with E-state index in [4.69, 9.17) is 0 Å². The largest absolute Gasteiger partial charge is 0.293 e. The predicted octanol–water partition coefficient (Wildman–Crippen LogP) is 6.35. The first-order valence-electron chi connectivity index (χ1n) is 8.63. The zero-order chi connectivity index (χ0) is 20.3. The number of hydrogen-bond donors (Lipinski definition) is 0. The SMILES string of the molecule is O=C1C(Br)=CC(Br)CC1C=Nc1ccccc1N=CC1CC(Br)C=C(Br)C1=O. The molecule has 0 radical (unpaired) electrons. The Balaban J connectivity index is 1.79. The van der Waals surface area contributed by atoms with Crippen LogP contribution in [0.2, 0.25) is 0 Å². The zero-order valence-corrected chi connectivity index (χ0v) is 20.9. The number of nitrogens with zero attached hydrogens (tertiary/aromatic N) is 2. The Labute approximate surface area is 197 Å². The smallest absolute Gasteiger partial charge is 0.177 e. The average molecular weight is 636 g/mol. The third-order valence-electron chi connectivity index (χ3n) is 4.43. The molecule has 2 aliphatic rings. The quantitative estimate of drug-likeness (QED) is 0.286. The van der Waals surface area contributed by atoms with Gasteiger partial charge >= 0.3 is 0 Å². The van der Waals surface area contributed by atoms with E-state index in [-0.39, 0.29) is 33.1 Å². The fourth-order valence-corrected chi connectivity index (χ4v) is 6.22. The fraction of sp³-hybridized carbons (Fsp3) is 0.300. The maximum Gasteiger partial charge on any atom is 0.177 e. The van der Waals surface area contributed by atoms with Crippen LogP contribution in [0.5, 0.6) is 0 Å². The van der Waals surface area contributed by atoms with Crippen LogP contribution in [-0.4, -0.2) is 33.7 Å². The lowest BCUT2D eigenvalue weighted by Crippen LogP contribution is -2.24. The van der Waals surface area contributed by atoms with E-state index in [9.17, 15) is 9.59 Å². The highest BCUT2D eigenvalue weighted by Crippen LogP contribution is 2.32. The van der Waals surface area contributed by atoms with E-state index < -0.39 is 0 Å². The van der Waals surface area contributed by atoms with Crippen LogP contribution < -0.4 is 0 Å². The molecule has 146 valence electrons. The Morgan fingerprint density at radius 2 is 1.18 bits per heavy atom. The number of Topliss-reactive ketones (excluding diaryl/α,β-unsaturated/α-hetero) is 2. The summed E-state index contributed by atoms with van der Waals surface area (Å²) in [5, 5.41) is 0. The lowest BCUT2D eigenvalue weighted by molar-refractivity contribution is -0.117. The van der Waals surface area contributed by atoms with Crippen molar-refractivity contribution in [3.8, 4) is 0 Å². The maximum atomic E-state index is 12.3. The Kier molecular flexibility index (Phi) is 7.75. The summed E-state index contributed by atoms with van der Waals surface area (Å²) in [5.41, 5.74) is 1.33. The lowest BCUT2D eigenvalue weighted by atomic mass is 9.94. The third kappa shape index (κ3) is 5.46. The summed E-state index contributed by atoms with van der Waals surface area (Å²) in [7, 11) is 0. The highest BCUT2D eigenvalue weighted by Gasteiger charge is 2.28. The highest BCUT2D eigenvalue weighted by atomic mass is 79.9. The molecule has 0 saturated heterocycles. The van der Waals surface area contributed by atoms with Gasteiger partial charge in [0.1, 0.15) is 0 Å². The van der Waals surface area contributed by atoms with Gasteiger partial charge in [0.05, 0.1) is 32.2 Å². The van der Waals surface area contributed by atoms with Crippen LogP contribution in [0, 0.1) is 11.8 Å². The molecule has 28 heavy (non-hydrogen) atoms. The average Bonchev–Trinajstić information content (AvgIpc) is 2.65. The van der Waals surface area contributed by atoms with E-state index in [1.165, 1.54) is 0 Å². The normalized spacial score (nSPS) is 28.7. The summed E-state index contributed by atoms with van der Waals surface area (Å²) in [6.45, 7) is 0. The number of alkyl halides is 2. The summed E-state index contributed by atoms with van der Waals surface area (Å²) in [5.74, 6) is -0.548. The van der Waals surface area contributed by atoms with Gasteiger partial charge in [-0.3, -0.25) is 19.6 Å². The number of ketones is 2. The van der Waals surface area contributed by atoms with E-state index in [0.29, 0.717) is 33.2 Å². The van der Waals surface area contributed by atoms with Gasteiger partial charge in [0.15, 0.2) is 11.6 Å². The number of aliphatic imine (C=N–C) groups is 2. The number of hydrogen-bond acceptors (Lipinski definition) is 4. The molecule has 0 fully saturated rings. The van der Waals surface area contributed by atoms with Gasteiger partial charge in [-0.1, -0.05) is 56.1 Å². The van der Waals surface area contributed by atoms with Crippen molar-refractivity contribution >= 4 is 99.1 Å². The van der Waals surface area contributed by atoms with Gasteiger partial charge in [-0.15, -0.1) is 0 Å². The monoisotopic (exact) mass is 632 g/mol. The Morgan fingerprint density at radius 1 is 0.786 bits per heavy atom. The maximum absolute atomic E-state index is 12.3. The molecule has 8 heteroatoms. The van der Waals surface area contributed by atoms with Crippen LogP contribution >= 0.6 is 63.7 Å². The van der Waals surface area contributed by atoms with Crippen LogP contribution in [0.4, 0.5) is 11.4 Å². The van der Waals surface area contributed by atoms with Crippen molar-refractivity contribution < 1.29 is 9.59 Å². The van der Waals surface area contributed by atoms with Crippen LogP contribution in [0.15, 0.2) is 55.4 Å². The molecule has 1 aromatic carbocycles. The van der Waals surface area contributed by atoms with E-state index in [1.54, 1.807) is 12.4 Å². The molecule has 0 bridgehead atoms. The molecule has 2 aliphatic carbocycles. The summed E-state index contributed by atoms with van der Waals surface area (Å²) in [6, 6.07) is 7.44. The Bertz CT molecular complexity index is 834. The van der Waals surface area contributed by atoms with Crippen molar-refractivity contribution in [1.29, 1.82) is 0 Å². The Morgan fingerprint density at radius 3 is 1.57 bits per heavy atom. The second-order valence-corrected chi connectivity index (χ2v) is 10.6. The highest BCUT2D eigenvalue weighted by molar-refractivity contribution is 9.12. The molecular formula is C20H16Br4N2O2. The molecule has 0 N–H and O–H groups in total. The first kappa shape index (κ1) is 22.0. The fourth-order valence-electron chi connectivity index (χ4n) is 2.95. The molecule has 1 aromatic rings. The first-order valence-corrected chi connectivity index (χ1v) is 12.1. The number of halogens is 4. The van der Waals surface area contributed by atoms with Crippen LogP contribution in [0.25, 0.3) is 0 Å². The predicted molar refractivity (Wildman–Crippen MR) is 128 cm³/mol. The zero-order valence-electron chi connectivity index (χ0n) is 14.6. The second kappa shape index (κ2) is 9.87. The van der Waals surface area contributed by atoms with Crippen LogP contribution in [0.1, 0.15) is 12.8 Å². The molecule has 3 rings (SSSR count). The molecule has 0 aromatic heterocycles. The Hall–Kier alpha value is -0.700. The van der Waals surface area contributed by atoms with Crippen molar-refractivity contribution in [1.82, 2.24) is 0 Å². The molecular weight excluding hydrogens is 620 g/mol. The molecule has 0 heterocycles. The van der Waals surface area contributed by atoms with E-state index in [1.807, 2.05) is 36.4 Å². The molecule has 0 spiro atoms. The van der Waals surface area contributed by atoms with Gasteiger partial charge in [0.25, 0.3) is 0 Å². The van der Waals surface area contributed by atoms with Crippen LogP contribution in [0.3, 0.4) is 0 Å². The van der Waals surface area contributed by atoms with Crippen molar-refractivity contribution in [2.24, 2.45) is 21.8 Å². The number of para-hydroxylation sites is 2. The summed E-state index contributed by atoms with van der Waals surface area (Å²) in [6.07, 6.45) is 8.39. The van der Waals surface area contributed by atoms with E-state index >= 15 is 0 Å². The third-order valence-corrected chi connectivity index (χ3v) is 7.01. The van der Waals surface area contributed by atoms with Crippen molar-refractivity contribution in [2.45, 2.75) is 22.5 Å². The molecule has 0 saturated carbocycles. The van der Waals surface area contributed by atoms with Gasteiger partial charge in [-0.05, 0) is 56.8 Å². The molecule has 4 nitrogen and oxygen atoms in total. The lowest BCUT2D eigenvalue weighted by Gasteiger charge is -2.19. The molecule has 4 atom stereocenters.